The van der Waals surface area contributed by atoms with Crippen molar-refractivity contribution in [2.75, 3.05) is 6.54 Å². The maximum atomic E-state index is 9.28. The van der Waals surface area contributed by atoms with Gasteiger partial charge in [-0.3, -0.25) is 4.84 Å². The number of oxime groups is 2. The Morgan fingerprint density at radius 1 is 1.00 bits per heavy atom. The summed E-state index contributed by atoms with van der Waals surface area (Å²) >= 11 is 0. The number of unbranched alkanes of at least 4 members (excludes halogenated alkanes) is 1. The molecule has 0 bridgehead atoms. The van der Waals surface area contributed by atoms with Gasteiger partial charge < -0.3 is 15.7 Å². The molecule has 7 heteroatoms. The fraction of sp³-hybridized carbons (Fsp3) is 0.889. The maximum Gasteiger partial charge on any atom is 0.0912 e. The Kier molecular flexibility index (Phi) is 10.9. The largest absolute Gasteiger partial charge is 0.411 e. The molecule has 0 aliphatic rings. The second kappa shape index (κ2) is 11.4. The molecule has 7 nitrogen and oxygen atoms in total. The zero-order valence-corrected chi connectivity index (χ0v) is 17.0. The van der Waals surface area contributed by atoms with Crippen LogP contribution >= 0.6 is 0 Å². The molecule has 0 aliphatic carbocycles. The first-order valence-corrected chi connectivity index (χ1v) is 9.29. The normalized spacial score (nSPS) is 15.5. The van der Waals surface area contributed by atoms with Crippen molar-refractivity contribution in [1.82, 2.24) is 10.8 Å². The molecule has 0 saturated carbocycles. The number of nitrogens with one attached hydrogen (secondary N) is 2. The van der Waals surface area contributed by atoms with Crippen molar-refractivity contribution >= 4 is 11.4 Å². The van der Waals surface area contributed by atoms with Crippen molar-refractivity contribution in [1.29, 1.82) is 0 Å². The first-order chi connectivity index (χ1) is 11.7. The summed E-state index contributed by atoms with van der Waals surface area (Å²) in [7, 11) is 0. The Bertz CT molecular complexity index is 434. The van der Waals surface area contributed by atoms with Gasteiger partial charge in [-0.1, -0.05) is 37.5 Å². The molecule has 0 fully saturated rings. The van der Waals surface area contributed by atoms with E-state index in [1.54, 1.807) is 0 Å². The standard InChI is InChI=1S/C18H38N4O3/c1-8-11-12-16(21-24)18(6,7)22-25-14(9-2)13-19-17(4,5)15(10-3)20-23/h14,19,22-24H,8-13H2,1-7H3/b20-15+,21-16+. The van der Waals surface area contributed by atoms with E-state index in [0.29, 0.717) is 24.4 Å². The lowest BCUT2D eigenvalue weighted by Crippen LogP contribution is -2.52. The highest BCUT2D eigenvalue weighted by Gasteiger charge is 2.28. The zero-order valence-electron chi connectivity index (χ0n) is 17.0. The van der Waals surface area contributed by atoms with Crippen LogP contribution in [0.4, 0.5) is 0 Å². The van der Waals surface area contributed by atoms with Crippen molar-refractivity contribution in [3.8, 4) is 0 Å². The smallest absolute Gasteiger partial charge is 0.0912 e. The van der Waals surface area contributed by atoms with Crippen molar-refractivity contribution in [3.63, 3.8) is 0 Å². The van der Waals surface area contributed by atoms with Crippen LogP contribution in [0, 0.1) is 0 Å². The van der Waals surface area contributed by atoms with E-state index in [1.165, 1.54) is 0 Å². The minimum absolute atomic E-state index is 0.0681. The van der Waals surface area contributed by atoms with E-state index in [0.717, 1.165) is 25.7 Å². The summed E-state index contributed by atoms with van der Waals surface area (Å²) < 4.78 is 0. The minimum Gasteiger partial charge on any atom is -0.411 e. The van der Waals surface area contributed by atoms with E-state index < -0.39 is 11.1 Å². The molecule has 1 unspecified atom stereocenters. The second-order valence-corrected chi connectivity index (χ2v) is 7.43. The highest BCUT2D eigenvalue weighted by atomic mass is 16.7. The Balaban J connectivity index is 4.69. The first kappa shape index (κ1) is 23.8. The topological polar surface area (TPSA) is 98.5 Å². The molecule has 0 heterocycles. The molecule has 0 aromatic carbocycles. The molecule has 25 heavy (non-hydrogen) atoms. The lowest BCUT2D eigenvalue weighted by molar-refractivity contribution is -0.0522. The summed E-state index contributed by atoms with van der Waals surface area (Å²) in [4.78, 5) is 5.85. The Labute approximate surface area is 152 Å². The van der Waals surface area contributed by atoms with Gasteiger partial charge in [-0.05, 0) is 53.4 Å². The predicted molar refractivity (Wildman–Crippen MR) is 103 cm³/mol. The van der Waals surface area contributed by atoms with E-state index >= 15 is 0 Å². The van der Waals surface area contributed by atoms with E-state index in [2.05, 4.69) is 28.0 Å². The fourth-order valence-electron chi connectivity index (χ4n) is 2.50. The lowest BCUT2D eigenvalue weighted by atomic mass is 9.95. The molecular weight excluding hydrogens is 320 g/mol. The Morgan fingerprint density at radius 2 is 1.60 bits per heavy atom. The summed E-state index contributed by atoms with van der Waals surface area (Å²) in [6.45, 7) is 14.6. The van der Waals surface area contributed by atoms with Gasteiger partial charge in [-0.15, -0.1) is 0 Å². The number of hydrogen-bond acceptors (Lipinski definition) is 7. The van der Waals surface area contributed by atoms with E-state index in [1.807, 2.05) is 41.5 Å². The minimum atomic E-state index is -0.548. The number of hydroxylamine groups is 1. The van der Waals surface area contributed by atoms with E-state index in [4.69, 9.17) is 10.0 Å². The van der Waals surface area contributed by atoms with Crippen LogP contribution in [0.15, 0.2) is 10.3 Å². The molecular formula is C18H38N4O3. The van der Waals surface area contributed by atoms with Crippen LogP contribution < -0.4 is 10.8 Å². The zero-order chi connectivity index (χ0) is 19.5. The monoisotopic (exact) mass is 358 g/mol. The highest BCUT2D eigenvalue weighted by Crippen LogP contribution is 2.14. The highest BCUT2D eigenvalue weighted by molar-refractivity contribution is 5.92. The SMILES string of the molecule is CCCC/C(=N\O)C(C)(C)NOC(CC)CNC(C)(C)/C(CC)=N/O. The van der Waals surface area contributed by atoms with Crippen LogP contribution in [0.25, 0.3) is 0 Å². The summed E-state index contributed by atoms with van der Waals surface area (Å²) in [5.41, 5.74) is 3.48. The van der Waals surface area contributed by atoms with Gasteiger partial charge in [0.05, 0.1) is 28.6 Å². The van der Waals surface area contributed by atoms with Gasteiger partial charge in [-0.2, -0.15) is 5.48 Å². The summed E-state index contributed by atoms with van der Waals surface area (Å²) in [6.07, 6.45) is 4.15. The second-order valence-electron chi connectivity index (χ2n) is 7.43. The van der Waals surface area contributed by atoms with Crippen LogP contribution in [0.5, 0.6) is 0 Å². The quantitative estimate of drug-likeness (QED) is 0.229. The molecule has 0 amide bonds. The van der Waals surface area contributed by atoms with E-state index in [9.17, 15) is 5.21 Å². The number of nitrogens with zero attached hydrogens (tertiary/aromatic N) is 2. The van der Waals surface area contributed by atoms with E-state index in [-0.39, 0.29) is 6.10 Å². The molecule has 148 valence electrons. The Morgan fingerprint density at radius 3 is 2.04 bits per heavy atom. The molecule has 0 aromatic rings. The van der Waals surface area contributed by atoms with Gasteiger partial charge in [0, 0.05) is 6.54 Å². The van der Waals surface area contributed by atoms with Crippen molar-refractivity contribution in [2.45, 2.75) is 97.8 Å². The number of hydrogen-bond donors (Lipinski definition) is 4. The third-order valence-electron chi connectivity index (χ3n) is 4.49. The molecule has 0 saturated heterocycles. The Hall–Kier alpha value is -1.18. The molecule has 1 atom stereocenters. The van der Waals surface area contributed by atoms with Crippen molar-refractivity contribution in [2.24, 2.45) is 10.3 Å². The fourth-order valence-corrected chi connectivity index (χ4v) is 2.50. The van der Waals surface area contributed by atoms with Crippen LogP contribution in [0.2, 0.25) is 0 Å². The van der Waals surface area contributed by atoms with Crippen LogP contribution in [0.3, 0.4) is 0 Å². The van der Waals surface area contributed by atoms with Crippen molar-refractivity contribution in [3.05, 3.63) is 0 Å². The van der Waals surface area contributed by atoms with Gasteiger partial charge in [0.2, 0.25) is 0 Å². The van der Waals surface area contributed by atoms with Gasteiger partial charge in [-0.25, -0.2) is 0 Å². The third-order valence-corrected chi connectivity index (χ3v) is 4.49. The molecule has 0 aromatic heterocycles. The van der Waals surface area contributed by atoms with Gasteiger partial charge >= 0.3 is 0 Å². The maximum absolute atomic E-state index is 9.28. The molecule has 0 rings (SSSR count). The molecule has 0 aliphatic heterocycles. The average molecular weight is 359 g/mol. The average Bonchev–Trinajstić information content (AvgIpc) is 2.56. The lowest BCUT2D eigenvalue weighted by Gasteiger charge is -2.32. The van der Waals surface area contributed by atoms with Gasteiger partial charge in [0.15, 0.2) is 0 Å². The predicted octanol–water partition coefficient (Wildman–Crippen LogP) is 3.69. The molecule has 0 radical (unpaired) electrons. The number of rotatable bonds is 13. The summed E-state index contributed by atoms with van der Waals surface area (Å²) in [6, 6.07) is 0. The van der Waals surface area contributed by atoms with Crippen LogP contribution in [-0.4, -0.2) is 45.6 Å². The van der Waals surface area contributed by atoms with Gasteiger partial charge in [0.25, 0.3) is 0 Å². The van der Waals surface area contributed by atoms with Gasteiger partial charge in [0.1, 0.15) is 0 Å². The third kappa shape index (κ3) is 8.16. The van der Waals surface area contributed by atoms with Crippen LogP contribution in [0.1, 0.15) is 80.6 Å². The molecule has 4 N–H and O–H groups in total. The molecule has 0 spiro atoms. The summed E-state index contributed by atoms with van der Waals surface area (Å²) in [5, 5.41) is 28.6. The van der Waals surface area contributed by atoms with Crippen molar-refractivity contribution < 1.29 is 15.3 Å². The van der Waals surface area contributed by atoms with Crippen LogP contribution in [-0.2, 0) is 4.84 Å². The summed E-state index contributed by atoms with van der Waals surface area (Å²) in [5.74, 6) is 0. The first-order valence-electron chi connectivity index (χ1n) is 9.29.